The van der Waals surface area contributed by atoms with Crippen LogP contribution in [-0.4, -0.2) is 14.8 Å². The van der Waals surface area contributed by atoms with E-state index in [0.29, 0.717) is 15.9 Å². The molecule has 0 aliphatic rings. The van der Waals surface area contributed by atoms with Gasteiger partial charge in [-0.3, -0.25) is 4.57 Å². The molecule has 0 bridgehead atoms. The van der Waals surface area contributed by atoms with Gasteiger partial charge < -0.3 is 4.74 Å². The zero-order valence-corrected chi connectivity index (χ0v) is 17.6. The number of rotatable bonds is 5. The summed E-state index contributed by atoms with van der Waals surface area (Å²) in [5.41, 5.74) is 4.04. The molecule has 0 spiro atoms. The highest BCUT2D eigenvalue weighted by molar-refractivity contribution is 6.31. The fourth-order valence-corrected chi connectivity index (χ4v) is 3.26. The van der Waals surface area contributed by atoms with Crippen molar-refractivity contribution >= 4 is 23.2 Å². The molecule has 0 saturated heterocycles. The van der Waals surface area contributed by atoms with Crippen molar-refractivity contribution in [2.24, 2.45) is 0 Å². The Kier molecular flexibility index (Phi) is 5.56. The van der Waals surface area contributed by atoms with Crippen LogP contribution in [0.4, 0.5) is 0 Å². The van der Waals surface area contributed by atoms with Gasteiger partial charge in [-0.05, 0) is 74.0 Å². The first-order valence-corrected chi connectivity index (χ1v) is 9.93. The van der Waals surface area contributed by atoms with E-state index in [-0.39, 0.29) is 6.61 Å². The molecule has 3 aromatic carbocycles. The molecule has 29 heavy (non-hydrogen) atoms. The molecule has 0 aliphatic heterocycles. The molecule has 0 aliphatic carbocycles. The summed E-state index contributed by atoms with van der Waals surface area (Å²) in [6, 6.07) is 21.4. The number of benzene rings is 3. The Labute approximate surface area is 179 Å². The molecule has 4 nitrogen and oxygen atoms in total. The van der Waals surface area contributed by atoms with Crippen LogP contribution in [0.3, 0.4) is 0 Å². The maximum absolute atomic E-state index is 6.11. The second kappa shape index (κ2) is 8.27. The second-order valence-electron chi connectivity index (χ2n) is 6.82. The van der Waals surface area contributed by atoms with Gasteiger partial charge in [0.05, 0.1) is 0 Å². The summed E-state index contributed by atoms with van der Waals surface area (Å²) in [5.74, 6) is 2.17. The Hall–Kier alpha value is -2.82. The molecule has 4 aromatic rings. The maximum atomic E-state index is 6.11. The van der Waals surface area contributed by atoms with E-state index in [0.717, 1.165) is 28.4 Å². The van der Waals surface area contributed by atoms with Gasteiger partial charge in [-0.25, -0.2) is 0 Å². The van der Waals surface area contributed by atoms with Crippen LogP contribution in [0.1, 0.15) is 17.0 Å². The van der Waals surface area contributed by atoms with Crippen LogP contribution < -0.4 is 4.74 Å². The van der Waals surface area contributed by atoms with Crippen LogP contribution in [0.5, 0.6) is 5.75 Å². The van der Waals surface area contributed by atoms with E-state index in [1.165, 1.54) is 5.56 Å². The molecule has 0 unspecified atom stereocenters. The number of ether oxygens (including phenoxy) is 1. The number of aromatic nitrogens is 3. The lowest BCUT2D eigenvalue weighted by Crippen LogP contribution is -2.07. The first kappa shape index (κ1) is 19.5. The van der Waals surface area contributed by atoms with E-state index < -0.39 is 0 Å². The number of aryl methyl sites for hydroxylation is 2. The summed E-state index contributed by atoms with van der Waals surface area (Å²) < 4.78 is 7.98. The molecule has 0 atom stereocenters. The van der Waals surface area contributed by atoms with Crippen LogP contribution in [-0.2, 0) is 6.61 Å². The van der Waals surface area contributed by atoms with Crippen LogP contribution in [0, 0.1) is 13.8 Å². The standard InChI is InChI=1S/C23H19Cl2N3O/c1-15-3-9-19(10-4-15)28-22(14-29-20-11-12-21(25)16(2)13-20)26-27-23(28)17-5-7-18(24)8-6-17/h3-13H,14H2,1-2H3. The van der Waals surface area contributed by atoms with Gasteiger partial charge in [0.1, 0.15) is 12.4 Å². The molecular formula is C23H19Cl2N3O. The van der Waals surface area contributed by atoms with E-state index in [4.69, 9.17) is 27.9 Å². The van der Waals surface area contributed by atoms with Gasteiger partial charge in [0.25, 0.3) is 0 Å². The van der Waals surface area contributed by atoms with Crippen molar-refractivity contribution in [3.05, 3.63) is 93.7 Å². The lowest BCUT2D eigenvalue weighted by Gasteiger charge is -2.12. The van der Waals surface area contributed by atoms with Crippen molar-refractivity contribution in [2.75, 3.05) is 0 Å². The zero-order valence-electron chi connectivity index (χ0n) is 16.1. The SMILES string of the molecule is Cc1ccc(-n2c(COc3ccc(Cl)c(C)c3)nnc2-c2ccc(Cl)cc2)cc1. The largest absolute Gasteiger partial charge is 0.486 e. The van der Waals surface area contributed by atoms with Crippen LogP contribution in [0.2, 0.25) is 10.0 Å². The smallest absolute Gasteiger partial charge is 0.175 e. The van der Waals surface area contributed by atoms with Crippen molar-refractivity contribution in [1.82, 2.24) is 14.8 Å². The maximum Gasteiger partial charge on any atom is 0.175 e. The van der Waals surface area contributed by atoms with Crippen molar-refractivity contribution in [1.29, 1.82) is 0 Å². The summed E-state index contributed by atoms with van der Waals surface area (Å²) >= 11 is 12.2. The van der Waals surface area contributed by atoms with Crippen LogP contribution >= 0.6 is 23.2 Å². The molecule has 4 rings (SSSR count). The molecule has 1 heterocycles. The molecule has 146 valence electrons. The quantitative estimate of drug-likeness (QED) is 0.370. The second-order valence-corrected chi connectivity index (χ2v) is 7.66. The fourth-order valence-electron chi connectivity index (χ4n) is 3.02. The van der Waals surface area contributed by atoms with Crippen LogP contribution in [0.15, 0.2) is 66.7 Å². The van der Waals surface area contributed by atoms with Gasteiger partial charge in [0.2, 0.25) is 0 Å². The number of hydrogen-bond acceptors (Lipinski definition) is 3. The third kappa shape index (κ3) is 4.29. The van der Waals surface area contributed by atoms with Crippen molar-refractivity contribution in [2.45, 2.75) is 20.5 Å². The summed E-state index contributed by atoms with van der Waals surface area (Å²) in [6.45, 7) is 4.28. The first-order chi connectivity index (χ1) is 14.0. The first-order valence-electron chi connectivity index (χ1n) is 9.17. The molecule has 0 amide bonds. The van der Waals surface area contributed by atoms with E-state index in [2.05, 4.69) is 29.3 Å². The highest BCUT2D eigenvalue weighted by Crippen LogP contribution is 2.26. The third-order valence-electron chi connectivity index (χ3n) is 4.62. The van der Waals surface area contributed by atoms with Gasteiger partial charge in [-0.15, -0.1) is 10.2 Å². The minimum atomic E-state index is 0.273. The minimum absolute atomic E-state index is 0.273. The zero-order chi connectivity index (χ0) is 20.4. The van der Waals surface area contributed by atoms with Gasteiger partial charge >= 0.3 is 0 Å². The Morgan fingerprint density at radius 2 is 1.59 bits per heavy atom. The summed E-state index contributed by atoms with van der Waals surface area (Å²) in [7, 11) is 0. The number of nitrogens with zero attached hydrogens (tertiary/aromatic N) is 3. The highest BCUT2D eigenvalue weighted by atomic mass is 35.5. The minimum Gasteiger partial charge on any atom is -0.486 e. The Balaban J connectivity index is 1.72. The Morgan fingerprint density at radius 3 is 2.28 bits per heavy atom. The average Bonchev–Trinajstić information content (AvgIpc) is 3.14. The lowest BCUT2D eigenvalue weighted by atomic mass is 10.2. The van der Waals surface area contributed by atoms with E-state index in [1.807, 2.05) is 66.1 Å². The highest BCUT2D eigenvalue weighted by Gasteiger charge is 2.16. The van der Waals surface area contributed by atoms with E-state index in [1.54, 1.807) is 0 Å². The van der Waals surface area contributed by atoms with Crippen molar-refractivity contribution in [3.63, 3.8) is 0 Å². The number of hydrogen-bond donors (Lipinski definition) is 0. The van der Waals surface area contributed by atoms with Gasteiger partial charge in [0, 0.05) is 21.3 Å². The van der Waals surface area contributed by atoms with Gasteiger partial charge in [0.15, 0.2) is 11.6 Å². The molecule has 0 radical (unpaired) electrons. The predicted octanol–water partition coefficient (Wildman–Crippen LogP) is 6.44. The van der Waals surface area contributed by atoms with Crippen LogP contribution in [0.25, 0.3) is 17.1 Å². The summed E-state index contributed by atoms with van der Waals surface area (Å²) in [5, 5.41) is 10.2. The molecule has 6 heteroatoms. The molecular weight excluding hydrogens is 405 g/mol. The Morgan fingerprint density at radius 1 is 0.862 bits per heavy atom. The topological polar surface area (TPSA) is 39.9 Å². The summed E-state index contributed by atoms with van der Waals surface area (Å²) in [6.07, 6.45) is 0. The van der Waals surface area contributed by atoms with Crippen molar-refractivity contribution < 1.29 is 4.74 Å². The number of halogens is 2. The molecule has 0 fully saturated rings. The van der Waals surface area contributed by atoms with Crippen molar-refractivity contribution in [3.8, 4) is 22.8 Å². The monoisotopic (exact) mass is 423 g/mol. The normalized spacial score (nSPS) is 10.9. The van der Waals surface area contributed by atoms with E-state index in [9.17, 15) is 0 Å². The van der Waals surface area contributed by atoms with Gasteiger partial charge in [-0.2, -0.15) is 0 Å². The van der Waals surface area contributed by atoms with Gasteiger partial charge in [-0.1, -0.05) is 40.9 Å². The lowest BCUT2D eigenvalue weighted by molar-refractivity contribution is 0.293. The fraction of sp³-hybridized carbons (Fsp3) is 0.130. The molecule has 1 aromatic heterocycles. The summed E-state index contributed by atoms with van der Waals surface area (Å²) in [4.78, 5) is 0. The predicted molar refractivity (Wildman–Crippen MR) is 117 cm³/mol. The van der Waals surface area contributed by atoms with E-state index >= 15 is 0 Å². The third-order valence-corrected chi connectivity index (χ3v) is 5.30. The molecule has 0 saturated carbocycles. The molecule has 0 N–H and O–H groups in total. The average molecular weight is 424 g/mol. The Bertz CT molecular complexity index is 1140.